The number of piperazine rings is 1. The summed E-state index contributed by atoms with van der Waals surface area (Å²) in [7, 11) is 0. The molecule has 0 atom stereocenters. The number of nitrogens with zero attached hydrogens (tertiary/aromatic N) is 4. The fourth-order valence-corrected chi connectivity index (χ4v) is 3.11. The Morgan fingerprint density at radius 2 is 1.67 bits per heavy atom. The maximum atomic E-state index is 10.7. The molecule has 27 heavy (non-hydrogen) atoms. The zero-order valence-electron chi connectivity index (χ0n) is 14.3. The molecule has 9 heteroatoms. The number of aliphatic imine (C=N–C) groups is 1. The minimum absolute atomic E-state index is 0. The van der Waals surface area contributed by atoms with Crippen molar-refractivity contribution in [3.05, 3.63) is 59.9 Å². The molecule has 0 bridgehead atoms. The van der Waals surface area contributed by atoms with Crippen molar-refractivity contribution in [1.29, 1.82) is 0 Å². The molecular formula is C18H18AuN4O2S2-2. The number of carbonyl (C=O) groups is 1. The molecule has 1 aromatic heterocycles. The third-order valence-corrected chi connectivity index (χ3v) is 4.82. The maximum Gasteiger partial charge on any atom is 0.200 e. The Balaban J connectivity index is 0.00000261. The third kappa shape index (κ3) is 6.10. The summed E-state index contributed by atoms with van der Waals surface area (Å²) in [5.41, 5.74) is 1.79. The van der Waals surface area contributed by atoms with E-state index in [1.807, 2.05) is 24.5 Å². The molecule has 0 unspecified atom stereocenters. The van der Waals surface area contributed by atoms with E-state index in [-0.39, 0.29) is 32.6 Å². The SMILES string of the molecule is O=C([O-])c1ccc(N=Cc2cc[n+](N3CCN(C([S-])[S-])CC3)cc2)cc1.[Au]. The second-order valence-electron chi connectivity index (χ2n) is 5.90. The van der Waals surface area contributed by atoms with Gasteiger partial charge in [-0.15, -0.1) is 0 Å². The number of hydrogen-bond acceptors (Lipinski definition) is 7. The van der Waals surface area contributed by atoms with Crippen LogP contribution in [0, 0.1) is 0 Å². The predicted molar refractivity (Wildman–Crippen MR) is 103 cm³/mol. The first-order chi connectivity index (χ1) is 12.5. The van der Waals surface area contributed by atoms with E-state index in [0.717, 1.165) is 31.7 Å². The van der Waals surface area contributed by atoms with Crippen LogP contribution < -0.4 is 14.8 Å². The first kappa shape index (κ1) is 22.0. The minimum Gasteiger partial charge on any atom is -0.800 e. The third-order valence-electron chi connectivity index (χ3n) is 4.22. The van der Waals surface area contributed by atoms with E-state index in [2.05, 4.69) is 19.6 Å². The van der Waals surface area contributed by atoms with Crippen LogP contribution in [0.15, 0.2) is 53.8 Å². The minimum atomic E-state index is -1.19. The predicted octanol–water partition coefficient (Wildman–Crippen LogP) is -0.283. The van der Waals surface area contributed by atoms with Crippen LogP contribution in [0.1, 0.15) is 15.9 Å². The average molecular weight is 583 g/mol. The van der Waals surface area contributed by atoms with E-state index in [9.17, 15) is 9.90 Å². The number of carboxylic acids is 1. The Morgan fingerprint density at radius 3 is 2.19 bits per heavy atom. The van der Waals surface area contributed by atoms with Crippen LogP contribution in [0.5, 0.6) is 0 Å². The van der Waals surface area contributed by atoms with Gasteiger partial charge < -0.3 is 40.1 Å². The van der Waals surface area contributed by atoms with Crippen LogP contribution in [-0.4, -0.2) is 48.0 Å². The van der Waals surface area contributed by atoms with Gasteiger partial charge in [0.15, 0.2) is 12.4 Å². The van der Waals surface area contributed by atoms with Crippen LogP contribution in [0.2, 0.25) is 0 Å². The van der Waals surface area contributed by atoms with E-state index < -0.39 is 5.97 Å². The molecule has 1 aromatic carbocycles. The molecule has 1 saturated heterocycles. The molecule has 2 heterocycles. The van der Waals surface area contributed by atoms with Gasteiger partial charge in [0.1, 0.15) is 0 Å². The fourth-order valence-electron chi connectivity index (χ4n) is 2.69. The molecule has 2 aromatic rings. The fraction of sp³-hybridized carbons (Fsp3) is 0.278. The van der Waals surface area contributed by atoms with Gasteiger partial charge in [-0.05, 0) is 17.7 Å². The van der Waals surface area contributed by atoms with Crippen molar-refractivity contribution in [2.24, 2.45) is 4.99 Å². The summed E-state index contributed by atoms with van der Waals surface area (Å²) >= 11 is 10.3. The smallest absolute Gasteiger partial charge is 0.200 e. The van der Waals surface area contributed by atoms with Gasteiger partial charge in [0.25, 0.3) is 0 Å². The number of pyridine rings is 1. The number of rotatable bonds is 5. The van der Waals surface area contributed by atoms with Gasteiger partial charge in [0.2, 0.25) is 0 Å². The van der Waals surface area contributed by atoms with Crippen LogP contribution in [0.25, 0.3) is 0 Å². The number of aromatic carboxylic acids is 1. The van der Waals surface area contributed by atoms with Crippen molar-refractivity contribution in [3.8, 4) is 0 Å². The summed E-state index contributed by atoms with van der Waals surface area (Å²) in [5, 5.41) is 13.0. The van der Waals surface area contributed by atoms with Crippen molar-refractivity contribution in [2.45, 2.75) is 4.71 Å². The largest absolute Gasteiger partial charge is 0.800 e. The molecule has 0 aliphatic carbocycles. The molecular weight excluding hydrogens is 565 g/mol. The number of aromatic nitrogens is 1. The molecule has 0 spiro atoms. The van der Waals surface area contributed by atoms with Crippen molar-refractivity contribution in [1.82, 2.24) is 4.90 Å². The van der Waals surface area contributed by atoms with Crippen molar-refractivity contribution >= 4 is 43.1 Å². The molecule has 1 radical (unpaired) electrons. The van der Waals surface area contributed by atoms with Gasteiger partial charge in [-0.2, -0.15) is 5.01 Å². The monoisotopic (exact) mass is 583 g/mol. The van der Waals surface area contributed by atoms with E-state index in [4.69, 9.17) is 25.3 Å². The number of carbonyl (C=O) groups excluding carboxylic acids is 1. The number of hydrogen-bond donors (Lipinski definition) is 0. The number of benzene rings is 1. The van der Waals surface area contributed by atoms with Crippen LogP contribution in [-0.2, 0) is 47.6 Å². The van der Waals surface area contributed by atoms with Crippen LogP contribution >= 0.6 is 0 Å². The Bertz CT molecular complexity index is 777. The summed E-state index contributed by atoms with van der Waals surface area (Å²) < 4.78 is 1.83. The van der Waals surface area contributed by atoms with E-state index >= 15 is 0 Å². The summed E-state index contributed by atoms with van der Waals surface area (Å²) in [4.78, 5) is 17.2. The Kier molecular flexibility index (Phi) is 8.40. The molecule has 6 nitrogen and oxygen atoms in total. The average Bonchev–Trinajstić information content (AvgIpc) is 2.67. The first-order valence-corrected chi connectivity index (χ1v) is 9.15. The molecule has 0 saturated carbocycles. The quantitative estimate of drug-likeness (QED) is 0.209. The van der Waals surface area contributed by atoms with E-state index in [1.54, 1.807) is 18.3 Å². The summed E-state index contributed by atoms with van der Waals surface area (Å²) in [5.74, 6) is -1.19. The molecule has 147 valence electrons. The Morgan fingerprint density at radius 1 is 1.07 bits per heavy atom. The Labute approximate surface area is 185 Å². The van der Waals surface area contributed by atoms with Crippen molar-refractivity contribution in [2.75, 3.05) is 31.2 Å². The van der Waals surface area contributed by atoms with Crippen LogP contribution in [0.3, 0.4) is 0 Å². The standard InChI is InChI=1S/C18H20N4O2S2.Au/c23-17(24)15-1-3-16(4-2-15)19-13-14-5-7-21(8-6-14)22-11-9-20(10-12-22)18(25)26;/h1-8,13,18H,9-12H2,(H2-,23,24,25,26);/p-2. The Hall–Kier alpha value is -1.29. The molecule has 3 rings (SSSR count). The molecule has 0 amide bonds. The summed E-state index contributed by atoms with van der Waals surface area (Å²) in [6.07, 6.45) is 5.74. The molecule has 1 aliphatic rings. The van der Waals surface area contributed by atoms with E-state index in [1.165, 1.54) is 12.1 Å². The van der Waals surface area contributed by atoms with Gasteiger partial charge >= 0.3 is 0 Å². The molecule has 1 fully saturated rings. The number of carboxylic acid groups (broad SMARTS) is 1. The molecule has 1 aliphatic heterocycles. The molecule has 0 N–H and O–H groups in total. The zero-order valence-corrected chi connectivity index (χ0v) is 18.1. The second kappa shape index (κ2) is 10.3. The van der Waals surface area contributed by atoms with Gasteiger partial charge in [0.05, 0.1) is 24.7 Å². The zero-order chi connectivity index (χ0) is 18.5. The van der Waals surface area contributed by atoms with Gasteiger partial charge in [-0.3, -0.25) is 4.99 Å². The topological polar surface area (TPSA) is 62.9 Å². The maximum absolute atomic E-state index is 10.7. The van der Waals surface area contributed by atoms with Gasteiger partial charge in [-0.25, -0.2) is 4.71 Å². The van der Waals surface area contributed by atoms with Crippen molar-refractivity contribution < 1.29 is 37.0 Å². The summed E-state index contributed by atoms with van der Waals surface area (Å²) in [6, 6.07) is 10.2. The summed E-state index contributed by atoms with van der Waals surface area (Å²) in [6.45, 7) is 3.50. The van der Waals surface area contributed by atoms with E-state index in [0.29, 0.717) is 5.69 Å². The van der Waals surface area contributed by atoms with Crippen molar-refractivity contribution in [3.63, 3.8) is 0 Å². The normalized spacial score (nSPS) is 15.1. The van der Waals surface area contributed by atoms with Crippen LogP contribution in [0.4, 0.5) is 5.69 Å². The first-order valence-electron chi connectivity index (χ1n) is 8.21. The second-order valence-corrected chi connectivity index (χ2v) is 7.09. The van der Waals surface area contributed by atoms with Gasteiger partial charge in [-0.1, -0.05) is 16.8 Å². The van der Waals surface area contributed by atoms with Gasteiger partial charge in [0, 0.05) is 59.4 Å².